The van der Waals surface area contributed by atoms with Gasteiger partial charge in [0.2, 0.25) is 5.91 Å². The van der Waals surface area contributed by atoms with Gasteiger partial charge in [-0.1, -0.05) is 18.2 Å². The smallest absolute Gasteiger partial charge is 0.220 e. The molecule has 0 bridgehead atoms. The molecule has 1 aliphatic rings. The van der Waals surface area contributed by atoms with Crippen molar-refractivity contribution in [2.24, 2.45) is 0 Å². The summed E-state index contributed by atoms with van der Waals surface area (Å²) in [6.07, 6.45) is 0. The van der Waals surface area contributed by atoms with Gasteiger partial charge in [0.15, 0.2) is 0 Å². The molecule has 1 fully saturated rings. The van der Waals surface area contributed by atoms with Crippen LogP contribution in [0.5, 0.6) is 0 Å². The van der Waals surface area contributed by atoms with E-state index in [2.05, 4.69) is 4.90 Å². The molecule has 0 spiro atoms. The Morgan fingerprint density at radius 1 is 1.26 bits per heavy atom. The number of piperazine rings is 1. The van der Waals surface area contributed by atoms with E-state index in [9.17, 15) is 9.18 Å². The molecule has 0 aliphatic carbocycles. The summed E-state index contributed by atoms with van der Waals surface area (Å²) in [6.45, 7) is 7.89. The summed E-state index contributed by atoms with van der Waals surface area (Å²) in [5.41, 5.74) is 0.721. The van der Waals surface area contributed by atoms with Crippen LogP contribution in [0, 0.1) is 5.82 Å². The van der Waals surface area contributed by atoms with Gasteiger partial charge in [-0.3, -0.25) is 9.69 Å². The first-order valence-electron chi connectivity index (χ1n) is 6.73. The Kier molecular flexibility index (Phi) is 4.20. The Bertz CT molecular complexity index is 451. The van der Waals surface area contributed by atoms with Crippen molar-refractivity contribution in [2.75, 3.05) is 13.1 Å². The molecular formula is C15H21FN2O. The molecule has 1 aliphatic heterocycles. The zero-order chi connectivity index (χ0) is 14.0. The predicted octanol–water partition coefficient (Wildman–Crippen LogP) is 2.27. The Morgan fingerprint density at radius 2 is 1.84 bits per heavy atom. The van der Waals surface area contributed by atoms with E-state index < -0.39 is 0 Å². The maximum absolute atomic E-state index is 13.7. The van der Waals surface area contributed by atoms with Gasteiger partial charge in [-0.25, -0.2) is 4.39 Å². The van der Waals surface area contributed by atoms with Crippen LogP contribution < -0.4 is 0 Å². The second-order valence-electron chi connectivity index (χ2n) is 5.41. The summed E-state index contributed by atoms with van der Waals surface area (Å²) in [5.74, 6) is -0.0395. The average Bonchev–Trinajstić information content (AvgIpc) is 2.30. The molecule has 1 aromatic rings. The van der Waals surface area contributed by atoms with Crippen LogP contribution in [0.1, 0.15) is 26.3 Å². The van der Waals surface area contributed by atoms with E-state index in [0.29, 0.717) is 6.54 Å². The van der Waals surface area contributed by atoms with Gasteiger partial charge in [-0.05, 0) is 19.9 Å². The number of benzene rings is 1. The minimum Gasteiger partial charge on any atom is -0.335 e. The average molecular weight is 264 g/mol. The minimum absolute atomic E-state index is 0.116. The summed E-state index contributed by atoms with van der Waals surface area (Å²) in [4.78, 5) is 15.7. The van der Waals surface area contributed by atoms with Crippen LogP contribution in [0.2, 0.25) is 0 Å². The summed E-state index contributed by atoms with van der Waals surface area (Å²) in [6, 6.07) is 7.23. The van der Waals surface area contributed by atoms with Crippen molar-refractivity contribution in [2.45, 2.75) is 39.4 Å². The van der Waals surface area contributed by atoms with Crippen LogP contribution in [0.15, 0.2) is 24.3 Å². The topological polar surface area (TPSA) is 23.6 Å². The number of carbonyl (C=O) groups is 1. The molecular weight excluding hydrogens is 243 g/mol. The van der Waals surface area contributed by atoms with Crippen molar-refractivity contribution >= 4 is 5.91 Å². The minimum atomic E-state index is -0.156. The van der Waals surface area contributed by atoms with Gasteiger partial charge in [0.1, 0.15) is 5.82 Å². The lowest BCUT2D eigenvalue weighted by molar-refractivity contribution is -0.136. The Hall–Kier alpha value is -1.42. The highest BCUT2D eigenvalue weighted by Crippen LogP contribution is 2.19. The first kappa shape index (κ1) is 14.0. The molecule has 2 rings (SSSR count). The number of halogens is 1. The van der Waals surface area contributed by atoms with Gasteiger partial charge < -0.3 is 4.90 Å². The van der Waals surface area contributed by atoms with Gasteiger partial charge in [-0.15, -0.1) is 0 Å². The van der Waals surface area contributed by atoms with E-state index in [0.717, 1.165) is 18.7 Å². The summed E-state index contributed by atoms with van der Waals surface area (Å²) in [5, 5.41) is 0. The number of amides is 1. The van der Waals surface area contributed by atoms with E-state index in [1.807, 2.05) is 30.9 Å². The SMILES string of the molecule is CC(=O)N1[C@H](C)CN(Cc2ccccc2F)C[C@@H]1C. The van der Waals surface area contributed by atoms with Crippen molar-refractivity contribution < 1.29 is 9.18 Å². The molecule has 104 valence electrons. The number of rotatable bonds is 2. The van der Waals surface area contributed by atoms with Gasteiger partial charge in [-0.2, -0.15) is 0 Å². The van der Waals surface area contributed by atoms with E-state index in [4.69, 9.17) is 0 Å². The van der Waals surface area contributed by atoms with Gasteiger partial charge in [0.25, 0.3) is 0 Å². The highest BCUT2D eigenvalue weighted by atomic mass is 19.1. The van der Waals surface area contributed by atoms with Crippen LogP contribution in [0.3, 0.4) is 0 Å². The first-order chi connectivity index (χ1) is 8.99. The molecule has 2 atom stereocenters. The molecule has 4 heteroatoms. The van der Waals surface area contributed by atoms with Crippen LogP contribution >= 0.6 is 0 Å². The predicted molar refractivity (Wildman–Crippen MR) is 73.1 cm³/mol. The van der Waals surface area contributed by atoms with Crippen LogP contribution in [0.4, 0.5) is 4.39 Å². The normalized spacial score (nSPS) is 24.5. The van der Waals surface area contributed by atoms with E-state index in [1.165, 1.54) is 6.07 Å². The maximum Gasteiger partial charge on any atom is 0.220 e. The fraction of sp³-hybridized carbons (Fsp3) is 0.533. The largest absolute Gasteiger partial charge is 0.335 e. The van der Waals surface area contributed by atoms with Crippen molar-refractivity contribution in [3.05, 3.63) is 35.6 Å². The lowest BCUT2D eigenvalue weighted by Crippen LogP contribution is -2.57. The summed E-state index contributed by atoms with van der Waals surface area (Å²) >= 11 is 0. The second-order valence-corrected chi connectivity index (χ2v) is 5.41. The lowest BCUT2D eigenvalue weighted by Gasteiger charge is -2.44. The van der Waals surface area contributed by atoms with Gasteiger partial charge >= 0.3 is 0 Å². The number of nitrogens with zero attached hydrogens (tertiary/aromatic N) is 2. The Morgan fingerprint density at radius 3 is 2.37 bits per heavy atom. The first-order valence-corrected chi connectivity index (χ1v) is 6.73. The van der Waals surface area contributed by atoms with Crippen molar-refractivity contribution in [1.82, 2.24) is 9.80 Å². The summed E-state index contributed by atoms with van der Waals surface area (Å²) < 4.78 is 13.7. The number of hydrogen-bond donors (Lipinski definition) is 0. The summed E-state index contributed by atoms with van der Waals surface area (Å²) in [7, 11) is 0. The van der Waals surface area contributed by atoms with E-state index in [-0.39, 0.29) is 23.8 Å². The Labute approximate surface area is 114 Å². The molecule has 1 aromatic carbocycles. The molecule has 0 aromatic heterocycles. The molecule has 0 N–H and O–H groups in total. The molecule has 1 heterocycles. The third kappa shape index (κ3) is 3.13. The lowest BCUT2D eigenvalue weighted by atomic mass is 10.1. The van der Waals surface area contributed by atoms with Gasteiger partial charge in [0, 0.05) is 44.2 Å². The molecule has 19 heavy (non-hydrogen) atoms. The Balaban J connectivity index is 2.05. The number of hydrogen-bond acceptors (Lipinski definition) is 2. The van der Waals surface area contributed by atoms with Crippen molar-refractivity contribution in [1.29, 1.82) is 0 Å². The molecule has 0 radical (unpaired) electrons. The third-order valence-corrected chi connectivity index (χ3v) is 3.71. The molecule has 0 saturated carbocycles. The molecule has 3 nitrogen and oxygen atoms in total. The fourth-order valence-electron chi connectivity index (χ4n) is 3.05. The molecule has 1 saturated heterocycles. The van der Waals surface area contributed by atoms with Crippen LogP contribution in [-0.4, -0.2) is 40.9 Å². The maximum atomic E-state index is 13.7. The molecule has 1 amide bonds. The van der Waals surface area contributed by atoms with E-state index in [1.54, 1.807) is 13.0 Å². The highest BCUT2D eigenvalue weighted by molar-refractivity contribution is 5.74. The second kappa shape index (κ2) is 5.70. The highest BCUT2D eigenvalue weighted by Gasteiger charge is 2.31. The third-order valence-electron chi connectivity index (χ3n) is 3.71. The van der Waals surface area contributed by atoms with Crippen molar-refractivity contribution in [3.8, 4) is 0 Å². The van der Waals surface area contributed by atoms with E-state index >= 15 is 0 Å². The zero-order valence-corrected chi connectivity index (χ0v) is 11.8. The fourth-order valence-corrected chi connectivity index (χ4v) is 3.05. The zero-order valence-electron chi connectivity index (χ0n) is 11.8. The molecule has 0 unspecified atom stereocenters. The standard InChI is InChI=1S/C15H21FN2O/c1-11-8-17(9-12(2)18(11)13(3)19)10-14-6-4-5-7-15(14)16/h4-7,11-12H,8-10H2,1-3H3/t11-,12+. The van der Waals surface area contributed by atoms with Crippen molar-refractivity contribution in [3.63, 3.8) is 0 Å². The monoisotopic (exact) mass is 264 g/mol. The van der Waals surface area contributed by atoms with Gasteiger partial charge in [0.05, 0.1) is 0 Å². The van der Waals surface area contributed by atoms with Crippen LogP contribution in [-0.2, 0) is 11.3 Å². The van der Waals surface area contributed by atoms with Crippen LogP contribution in [0.25, 0.3) is 0 Å². The quantitative estimate of drug-likeness (QED) is 0.818. The number of carbonyl (C=O) groups excluding carboxylic acids is 1.